The van der Waals surface area contributed by atoms with Gasteiger partial charge in [0.25, 0.3) is 0 Å². The average Bonchev–Trinajstić information content (AvgIpc) is 2.77. The van der Waals surface area contributed by atoms with Crippen molar-refractivity contribution in [3.05, 3.63) is 12.7 Å². The van der Waals surface area contributed by atoms with Crippen LogP contribution < -0.4 is 11.1 Å². The highest BCUT2D eigenvalue weighted by Crippen LogP contribution is 2.14. The number of fused-ring (bicyclic) bond motifs is 1. The summed E-state index contributed by atoms with van der Waals surface area (Å²) in [5, 5.41) is 3.17. The van der Waals surface area contributed by atoms with Crippen LogP contribution in [0.3, 0.4) is 0 Å². The third kappa shape index (κ3) is 2.90. The fourth-order valence-electron chi connectivity index (χ4n) is 1.53. The van der Waals surface area contributed by atoms with E-state index in [2.05, 4.69) is 25.3 Å². The highest BCUT2D eigenvalue weighted by atomic mass is 16.1. The van der Waals surface area contributed by atoms with Gasteiger partial charge in [0.15, 0.2) is 11.5 Å². The summed E-state index contributed by atoms with van der Waals surface area (Å²) in [6.45, 7) is 0.735. The molecule has 7 nitrogen and oxygen atoms in total. The molecule has 0 spiro atoms. The van der Waals surface area contributed by atoms with Crippen molar-refractivity contribution in [1.82, 2.24) is 19.9 Å². The van der Waals surface area contributed by atoms with E-state index >= 15 is 0 Å². The molecule has 0 bridgehead atoms. The summed E-state index contributed by atoms with van der Waals surface area (Å²) in [5.74, 6) is 0.467. The Morgan fingerprint density at radius 2 is 2.24 bits per heavy atom. The Hall–Kier alpha value is -2.18. The molecular weight excluding hydrogens is 220 g/mol. The number of nitrogens with two attached hydrogens (primary N) is 1. The number of aromatic nitrogens is 4. The Balaban J connectivity index is 1.86. The van der Waals surface area contributed by atoms with E-state index in [1.54, 1.807) is 6.33 Å². The number of anilines is 1. The predicted molar refractivity (Wildman–Crippen MR) is 63.2 cm³/mol. The third-order valence-corrected chi connectivity index (χ3v) is 2.37. The van der Waals surface area contributed by atoms with Gasteiger partial charge in [-0.15, -0.1) is 0 Å². The summed E-state index contributed by atoms with van der Waals surface area (Å²) in [6.07, 6.45) is 5.11. The maximum atomic E-state index is 10.5. The number of hydrogen-bond donors (Lipinski definition) is 3. The van der Waals surface area contributed by atoms with Gasteiger partial charge in [0.1, 0.15) is 11.8 Å². The minimum absolute atomic E-state index is 0.261. The topological polar surface area (TPSA) is 110 Å². The van der Waals surface area contributed by atoms with Gasteiger partial charge in [0.05, 0.1) is 6.33 Å². The molecule has 0 aliphatic carbocycles. The highest BCUT2D eigenvalue weighted by Gasteiger charge is 2.04. The number of unbranched alkanes of at least 4 members (excludes halogenated alkanes) is 1. The summed E-state index contributed by atoms with van der Waals surface area (Å²) in [6, 6.07) is 0. The number of H-pyrrole nitrogens is 1. The van der Waals surface area contributed by atoms with Gasteiger partial charge in [-0.1, -0.05) is 0 Å². The second kappa shape index (κ2) is 5.24. The molecule has 4 N–H and O–H groups in total. The Labute approximate surface area is 97.9 Å². The van der Waals surface area contributed by atoms with Gasteiger partial charge in [-0.05, 0) is 12.8 Å². The zero-order valence-corrected chi connectivity index (χ0v) is 9.31. The van der Waals surface area contributed by atoms with Crippen molar-refractivity contribution < 1.29 is 4.79 Å². The average molecular weight is 234 g/mol. The zero-order chi connectivity index (χ0) is 12.1. The van der Waals surface area contributed by atoms with Crippen LogP contribution in [-0.2, 0) is 4.79 Å². The van der Waals surface area contributed by atoms with Crippen molar-refractivity contribution in [2.45, 2.75) is 19.3 Å². The molecule has 0 unspecified atom stereocenters. The fraction of sp³-hybridized carbons (Fsp3) is 0.400. The molecule has 0 saturated carbocycles. The Bertz CT molecular complexity index is 508. The fourth-order valence-corrected chi connectivity index (χ4v) is 1.53. The van der Waals surface area contributed by atoms with Gasteiger partial charge in [0.2, 0.25) is 5.91 Å². The first kappa shape index (κ1) is 11.3. The summed E-state index contributed by atoms with van der Waals surface area (Å²) in [4.78, 5) is 25.7. The Kier molecular flexibility index (Phi) is 3.49. The molecular formula is C10H14N6O. The standard InChI is InChI=1S/C10H14N6O/c11-7(17)3-1-2-4-12-9-8-10(14-5-13-8)16-6-15-9/h5-6H,1-4H2,(H2,11,17)(H2,12,13,14,15,16). The van der Waals surface area contributed by atoms with Crippen molar-refractivity contribution in [2.24, 2.45) is 5.73 Å². The third-order valence-electron chi connectivity index (χ3n) is 2.37. The minimum Gasteiger partial charge on any atom is -0.370 e. The first-order valence-electron chi connectivity index (χ1n) is 5.43. The van der Waals surface area contributed by atoms with Crippen LogP contribution in [0.4, 0.5) is 5.82 Å². The van der Waals surface area contributed by atoms with E-state index in [0.717, 1.165) is 30.7 Å². The van der Waals surface area contributed by atoms with E-state index in [1.165, 1.54) is 6.33 Å². The lowest BCUT2D eigenvalue weighted by molar-refractivity contribution is -0.118. The van der Waals surface area contributed by atoms with Crippen molar-refractivity contribution >= 4 is 22.9 Å². The van der Waals surface area contributed by atoms with Crippen LogP contribution in [0, 0.1) is 0 Å². The molecule has 2 heterocycles. The molecule has 2 aromatic heterocycles. The SMILES string of the molecule is NC(=O)CCCCNc1ncnc2nc[nH]c12. The lowest BCUT2D eigenvalue weighted by atomic mass is 10.2. The van der Waals surface area contributed by atoms with Gasteiger partial charge in [-0.25, -0.2) is 15.0 Å². The van der Waals surface area contributed by atoms with Crippen LogP contribution >= 0.6 is 0 Å². The summed E-state index contributed by atoms with van der Waals surface area (Å²) >= 11 is 0. The number of nitrogens with one attached hydrogen (secondary N) is 2. The number of amides is 1. The number of hydrogen-bond acceptors (Lipinski definition) is 5. The van der Waals surface area contributed by atoms with Gasteiger partial charge in [0, 0.05) is 13.0 Å². The molecule has 0 fully saturated rings. The number of imidazole rings is 1. The maximum Gasteiger partial charge on any atom is 0.217 e. The first-order chi connectivity index (χ1) is 8.27. The molecule has 0 aliphatic rings. The van der Waals surface area contributed by atoms with Gasteiger partial charge < -0.3 is 16.0 Å². The van der Waals surface area contributed by atoms with Crippen LogP contribution in [-0.4, -0.2) is 32.4 Å². The lowest BCUT2D eigenvalue weighted by Gasteiger charge is -2.04. The monoisotopic (exact) mass is 234 g/mol. The van der Waals surface area contributed by atoms with E-state index in [4.69, 9.17) is 5.73 Å². The number of nitrogens with zero attached hydrogens (tertiary/aromatic N) is 3. The zero-order valence-electron chi connectivity index (χ0n) is 9.31. The molecule has 17 heavy (non-hydrogen) atoms. The molecule has 2 aromatic rings. The smallest absolute Gasteiger partial charge is 0.217 e. The van der Waals surface area contributed by atoms with Crippen LogP contribution in [0.15, 0.2) is 12.7 Å². The summed E-state index contributed by atoms with van der Waals surface area (Å²) in [5.41, 5.74) is 6.49. The number of rotatable bonds is 6. The van der Waals surface area contributed by atoms with Gasteiger partial charge >= 0.3 is 0 Å². The summed E-state index contributed by atoms with van der Waals surface area (Å²) in [7, 11) is 0. The van der Waals surface area contributed by atoms with E-state index in [0.29, 0.717) is 12.1 Å². The van der Waals surface area contributed by atoms with E-state index in [1.807, 2.05) is 0 Å². The molecule has 2 rings (SSSR count). The minimum atomic E-state index is -0.261. The molecule has 7 heteroatoms. The van der Waals surface area contributed by atoms with Gasteiger partial charge in [-0.2, -0.15) is 0 Å². The van der Waals surface area contributed by atoms with Crippen LogP contribution in [0.25, 0.3) is 11.2 Å². The normalized spacial score (nSPS) is 10.6. The molecule has 0 radical (unpaired) electrons. The predicted octanol–water partition coefficient (Wildman–Crippen LogP) is 0.420. The molecule has 1 amide bonds. The van der Waals surface area contributed by atoms with Crippen molar-refractivity contribution in [3.8, 4) is 0 Å². The molecule has 0 atom stereocenters. The number of aromatic amines is 1. The maximum absolute atomic E-state index is 10.5. The molecule has 0 aliphatic heterocycles. The Morgan fingerprint density at radius 3 is 3.06 bits per heavy atom. The van der Waals surface area contributed by atoms with Crippen molar-refractivity contribution in [2.75, 3.05) is 11.9 Å². The van der Waals surface area contributed by atoms with Crippen LogP contribution in [0.5, 0.6) is 0 Å². The molecule has 0 aromatic carbocycles. The van der Waals surface area contributed by atoms with Gasteiger partial charge in [-0.3, -0.25) is 4.79 Å². The second-order valence-electron chi connectivity index (χ2n) is 3.67. The lowest BCUT2D eigenvalue weighted by Crippen LogP contribution is -2.11. The quantitative estimate of drug-likeness (QED) is 0.627. The van der Waals surface area contributed by atoms with Crippen molar-refractivity contribution in [1.29, 1.82) is 0 Å². The Morgan fingerprint density at radius 1 is 1.35 bits per heavy atom. The number of carbonyl (C=O) groups is 1. The largest absolute Gasteiger partial charge is 0.370 e. The van der Waals surface area contributed by atoms with E-state index in [9.17, 15) is 4.79 Å². The second-order valence-corrected chi connectivity index (χ2v) is 3.67. The summed E-state index contributed by atoms with van der Waals surface area (Å²) < 4.78 is 0. The number of primary amides is 1. The molecule has 0 saturated heterocycles. The van der Waals surface area contributed by atoms with E-state index in [-0.39, 0.29) is 5.91 Å². The van der Waals surface area contributed by atoms with Crippen LogP contribution in [0.2, 0.25) is 0 Å². The molecule has 90 valence electrons. The van der Waals surface area contributed by atoms with Crippen molar-refractivity contribution in [3.63, 3.8) is 0 Å². The van der Waals surface area contributed by atoms with Crippen LogP contribution in [0.1, 0.15) is 19.3 Å². The van der Waals surface area contributed by atoms with E-state index < -0.39 is 0 Å². The number of carbonyl (C=O) groups excluding carboxylic acids is 1. The highest BCUT2D eigenvalue weighted by molar-refractivity contribution is 5.81. The first-order valence-corrected chi connectivity index (χ1v) is 5.43.